The van der Waals surface area contributed by atoms with Gasteiger partial charge in [-0.3, -0.25) is 9.48 Å². The molecule has 4 aliphatic rings. The molecule has 5 rings (SSSR count). The molecule has 0 spiro atoms. The minimum atomic E-state index is -1.14. The molecule has 0 saturated heterocycles. The molecule has 1 aromatic rings. The number of halogens is 1. The molecule has 5 nitrogen and oxygen atoms in total. The topological polar surface area (TPSA) is 78.9 Å². The maximum Gasteiger partial charge on any atom is 0.157 e. The van der Waals surface area contributed by atoms with Gasteiger partial charge in [0.2, 0.25) is 0 Å². The van der Waals surface area contributed by atoms with E-state index in [9.17, 15) is 15.2 Å². The number of hydrogen-bond acceptors (Lipinski definition) is 4. The second-order valence-corrected chi connectivity index (χ2v) is 11.8. The van der Waals surface area contributed by atoms with Crippen molar-refractivity contribution in [2.45, 2.75) is 96.4 Å². The number of carbonyl (C=O) groups excluding carboxylic acids is 1. The monoisotopic (exact) mass is 441 g/mol. The summed E-state index contributed by atoms with van der Waals surface area (Å²) in [5, 5.41) is 24.0. The maximum absolute atomic E-state index is 16.5. The Hall–Kier alpha value is -1.74. The summed E-state index contributed by atoms with van der Waals surface area (Å²) >= 11 is 0. The Morgan fingerprint density at radius 1 is 1.22 bits per heavy atom. The lowest BCUT2D eigenvalue weighted by Gasteiger charge is -2.59. The molecule has 4 aliphatic carbocycles. The van der Waals surface area contributed by atoms with E-state index in [4.69, 9.17) is 0 Å². The fourth-order valence-electron chi connectivity index (χ4n) is 8.48. The summed E-state index contributed by atoms with van der Waals surface area (Å²) in [6.45, 7) is 6.20. The van der Waals surface area contributed by atoms with Crippen LogP contribution in [0.25, 0.3) is 0 Å². The normalized spacial score (nSPS) is 45.4. The highest BCUT2D eigenvalue weighted by Gasteiger charge is 2.63. The van der Waals surface area contributed by atoms with Crippen LogP contribution in [0, 0.1) is 53.3 Å². The van der Waals surface area contributed by atoms with Crippen LogP contribution in [0.3, 0.4) is 0 Å². The third kappa shape index (κ3) is 3.18. The molecule has 0 radical (unpaired) electrons. The molecular formula is C26H36FN3O2. The van der Waals surface area contributed by atoms with E-state index in [1.807, 2.05) is 13.8 Å². The molecule has 1 N–H and O–H groups in total. The number of aromatic nitrogens is 2. The molecule has 0 amide bonds. The second-order valence-electron chi connectivity index (χ2n) is 11.8. The van der Waals surface area contributed by atoms with E-state index in [-0.39, 0.29) is 35.5 Å². The number of hydrogen-bond donors (Lipinski definition) is 1. The highest BCUT2D eigenvalue weighted by Crippen LogP contribution is 2.66. The molecule has 6 heteroatoms. The summed E-state index contributed by atoms with van der Waals surface area (Å²) in [7, 11) is 0. The number of carbonyl (C=O) groups is 1. The molecule has 8 atom stereocenters. The van der Waals surface area contributed by atoms with Crippen LogP contribution in [0.1, 0.15) is 82.9 Å². The Balaban J connectivity index is 1.34. The van der Waals surface area contributed by atoms with Gasteiger partial charge in [-0.15, -0.1) is 0 Å². The van der Waals surface area contributed by atoms with Crippen molar-refractivity contribution in [2.24, 2.45) is 35.0 Å². The molecule has 4 fully saturated rings. The Bertz CT molecular complexity index is 965. The van der Waals surface area contributed by atoms with Gasteiger partial charge in [-0.1, -0.05) is 6.92 Å². The quantitative estimate of drug-likeness (QED) is 0.735. The first-order valence-corrected chi connectivity index (χ1v) is 12.5. The molecule has 1 aromatic heterocycles. The van der Waals surface area contributed by atoms with Gasteiger partial charge in [-0.05, 0) is 101 Å². The number of nitrogens with zero attached hydrogens (tertiary/aromatic N) is 3. The minimum Gasteiger partial charge on any atom is -0.390 e. The van der Waals surface area contributed by atoms with E-state index in [2.05, 4.69) is 18.1 Å². The van der Waals surface area contributed by atoms with E-state index in [1.165, 1.54) is 6.20 Å². The van der Waals surface area contributed by atoms with E-state index in [0.717, 1.165) is 44.2 Å². The van der Waals surface area contributed by atoms with E-state index in [1.54, 1.807) is 4.68 Å². The van der Waals surface area contributed by atoms with Crippen LogP contribution in [0.4, 0.5) is 4.39 Å². The van der Waals surface area contributed by atoms with E-state index in [0.29, 0.717) is 36.7 Å². The van der Waals surface area contributed by atoms with Crippen molar-refractivity contribution in [3.05, 3.63) is 17.5 Å². The average Bonchev–Trinajstić information content (AvgIpc) is 3.27. The first-order chi connectivity index (χ1) is 15.1. The minimum absolute atomic E-state index is 0.0111. The van der Waals surface area contributed by atoms with Crippen LogP contribution >= 0.6 is 0 Å². The first-order valence-electron chi connectivity index (χ1n) is 12.5. The van der Waals surface area contributed by atoms with Crippen molar-refractivity contribution in [2.75, 3.05) is 0 Å². The smallest absolute Gasteiger partial charge is 0.157 e. The fourth-order valence-corrected chi connectivity index (χ4v) is 8.48. The van der Waals surface area contributed by atoms with E-state index >= 15 is 4.39 Å². The van der Waals surface area contributed by atoms with Gasteiger partial charge < -0.3 is 5.11 Å². The van der Waals surface area contributed by atoms with Crippen molar-refractivity contribution >= 4 is 5.78 Å². The molecular weight excluding hydrogens is 405 g/mol. The summed E-state index contributed by atoms with van der Waals surface area (Å²) in [6.07, 6.45) is 8.71. The molecule has 1 heterocycles. The number of rotatable bonds is 3. The Morgan fingerprint density at radius 3 is 2.72 bits per heavy atom. The fraction of sp³-hybridized carbons (Fsp3) is 0.808. The van der Waals surface area contributed by atoms with Gasteiger partial charge in [0.1, 0.15) is 18.3 Å². The highest BCUT2D eigenvalue weighted by molar-refractivity contribution is 5.82. The Labute approximate surface area is 190 Å². The largest absolute Gasteiger partial charge is 0.390 e. The molecule has 4 saturated carbocycles. The summed E-state index contributed by atoms with van der Waals surface area (Å²) in [4.78, 5) is 13.4. The van der Waals surface area contributed by atoms with Crippen molar-refractivity contribution in [1.29, 1.82) is 5.26 Å². The number of fused-ring (bicyclic) bond motifs is 5. The standard InChI is InChI=1S/C26H36FN3O2/c1-16-17(13-28)14-29-30(16)15-23(31)22-7-6-20-19-5-4-18-12-24(2,32)10-11-26(18,27)21(19)8-9-25(20,22)3/h14,18-22,32H,4-12,15H2,1-3H3/t18-,19+,20+,21+,22-,24-,25+,26-/m1/s1. The SMILES string of the molecule is Cc1c(C#N)cnn1CC(=O)[C@H]1CC[C@H]2[C@@H]3CC[C@@H]4C[C@](C)(O)CC[C@]4(F)[C@H]3CC[C@]12C. The van der Waals surface area contributed by atoms with Crippen LogP contribution in [0.2, 0.25) is 0 Å². The summed E-state index contributed by atoms with van der Waals surface area (Å²) in [5.74, 6) is 1.01. The van der Waals surface area contributed by atoms with Gasteiger partial charge >= 0.3 is 0 Å². The third-order valence-corrected chi connectivity index (χ3v) is 10.2. The van der Waals surface area contributed by atoms with Gasteiger partial charge in [0.15, 0.2) is 5.78 Å². The summed E-state index contributed by atoms with van der Waals surface area (Å²) < 4.78 is 18.2. The zero-order valence-electron chi connectivity index (χ0n) is 19.6. The number of Topliss-reactive ketones (excluding diaryl/α,β-unsaturated/α-hetero) is 1. The van der Waals surface area contributed by atoms with E-state index < -0.39 is 11.3 Å². The Kier molecular flexibility index (Phi) is 5.09. The van der Waals surface area contributed by atoms with Gasteiger partial charge in [0, 0.05) is 5.92 Å². The maximum atomic E-state index is 16.5. The van der Waals surface area contributed by atoms with Crippen LogP contribution in [-0.2, 0) is 11.3 Å². The number of alkyl halides is 1. The number of aliphatic hydroxyl groups is 1. The van der Waals surface area contributed by atoms with Crippen molar-refractivity contribution < 1.29 is 14.3 Å². The number of nitriles is 1. The predicted octanol–water partition coefficient (Wildman–Crippen LogP) is 4.74. The molecule has 32 heavy (non-hydrogen) atoms. The van der Waals surface area contributed by atoms with Crippen LogP contribution in [-0.4, -0.2) is 31.9 Å². The van der Waals surface area contributed by atoms with Gasteiger partial charge in [-0.25, -0.2) is 4.39 Å². The zero-order chi connectivity index (χ0) is 22.9. The molecule has 174 valence electrons. The first kappa shape index (κ1) is 22.1. The predicted molar refractivity (Wildman–Crippen MR) is 118 cm³/mol. The molecule has 0 bridgehead atoms. The highest BCUT2D eigenvalue weighted by atomic mass is 19.1. The summed E-state index contributed by atoms with van der Waals surface area (Å²) in [6, 6.07) is 2.13. The second kappa shape index (κ2) is 7.38. The Morgan fingerprint density at radius 2 is 2.00 bits per heavy atom. The lowest BCUT2D eigenvalue weighted by molar-refractivity contribution is -0.166. The van der Waals surface area contributed by atoms with Crippen molar-refractivity contribution in [3.8, 4) is 6.07 Å². The van der Waals surface area contributed by atoms with Crippen molar-refractivity contribution in [1.82, 2.24) is 9.78 Å². The van der Waals surface area contributed by atoms with Gasteiger partial charge in [0.05, 0.1) is 23.1 Å². The van der Waals surface area contributed by atoms with Crippen LogP contribution in [0.15, 0.2) is 6.20 Å². The van der Waals surface area contributed by atoms with Crippen LogP contribution in [0.5, 0.6) is 0 Å². The van der Waals surface area contributed by atoms with Crippen molar-refractivity contribution in [3.63, 3.8) is 0 Å². The zero-order valence-corrected chi connectivity index (χ0v) is 19.6. The molecule has 0 aromatic carbocycles. The summed E-state index contributed by atoms with van der Waals surface area (Å²) in [5.41, 5.74) is -0.674. The van der Waals surface area contributed by atoms with Gasteiger partial charge in [-0.2, -0.15) is 10.4 Å². The average molecular weight is 442 g/mol. The van der Waals surface area contributed by atoms with Crippen LogP contribution < -0.4 is 0 Å². The lowest BCUT2D eigenvalue weighted by Crippen LogP contribution is -2.58. The van der Waals surface area contributed by atoms with Gasteiger partial charge in [0.25, 0.3) is 0 Å². The molecule has 0 aliphatic heterocycles. The number of ketones is 1. The lowest BCUT2D eigenvalue weighted by atomic mass is 9.48. The molecule has 0 unspecified atom stereocenters. The third-order valence-electron chi connectivity index (χ3n) is 10.2.